The van der Waals surface area contributed by atoms with E-state index in [1.807, 2.05) is 23.3 Å². The van der Waals surface area contributed by atoms with E-state index in [9.17, 15) is 0 Å². The van der Waals surface area contributed by atoms with Crippen molar-refractivity contribution < 1.29 is 0 Å². The summed E-state index contributed by atoms with van der Waals surface area (Å²) < 4.78 is 3.83. The number of nitrogens with two attached hydrogens (primary N) is 1. The van der Waals surface area contributed by atoms with Gasteiger partial charge in [-0.2, -0.15) is 9.78 Å². The Morgan fingerprint density at radius 1 is 1.14 bits per heavy atom. The first-order valence-corrected chi connectivity index (χ1v) is 7.74. The van der Waals surface area contributed by atoms with Gasteiger partial charge in [0.15, 0.2) is 11.6 Å². The minimum Gasteiger partial charge on any atom is -0.327 e. The second-order valence-corrected chi connectivity index (χ2v) is 5.45. The Labute approximate surface area is 126 Å². The molecule has 21 heavy (non-hydrogen) atoms. The van der Waals surface area contributed by atoms with Crippen LogP contribution in [0.5, 0.6) is 0 Å². The van der Waals surface area contributed by atoms with Crippen LogP contribution in [0.2, 0.25) is 0 Å². The van der Waals surface area contributed by atoms with Crippen molar-refractivity contribution in [1.29, 1.82) is 0 Å². The largest absolute Gasteiger partial charge is 0.327 e. The summed E-state index contributed by atoms with van der Waals surface area (Å²) in [7, 11) is 1.95. The van der Waals surface area contributed by atoms with Crippen LogP contribution in [0.4, 0.5) is 0 Å². The van der Waals surface area contributed by atoms with Crippen LogP contribution in [0.3, 0.4) is 0 Å². The van der Waals surface area contributed by atoms with Crippen molar-refractivity contribution >= 4 is 0 Å². The van der Waals surface area contributed by atoms with Crippen molar-refractivity contribution in [2.75, 3.05) is 0 Å². The Bertz CT molecular complexity index is 610. The molecule has 2 aromatic heterocycles. The molecule has 2 N–H and O–H groups in total. The second-order valence-electron chi connectivity index (χ2n) is 5.45. The average molecular weight is 290 g/mol. The molecule has 0 saturated heterocycles. The summed E-state index contributed by atoms with van der Waals surface area (Å²) in [6, 6.07) is 0.144. The lowest BCUT2D eigenvalue weighted by atomic mass is 10.0. The third kappa shape index (κ3) is 3.00. The summed E-state index contributed by atoms with van der Waals surface area (Å²) >= 11 is 0. The standard InChI is InChI=1S/C15H26N6/c1-6-11(16)9-12-10(4)18-20(5)15(12)21-14(8-3)17-13(7-2)19-21/h11H,6-9,16H2,1-5H3. The van der Waals surface area contributed by atoms with Gasteiger partial charge in [-0.15, -0.1) is 5.10 Å². The Morgan fingerprint density at radius 3 is 2.43 bits per heavy atom. The molecule has 0 radical (unpaired) electrons. The molecule has 0 aromatic carbocycles. The summed E-state index contributed by atoms with van der Waals surface area (Å²) in [5.74, 6) is 2.85. The second kappa shape index (κ2) is 6.39. The zero-order valence-electron chi connectivity index (χ0n) is 13.7. The molecule has 2 heterocycles. The fraction of sp³-hybridized carbons (Fsp3) is 0.667. The smallest absolute Gasteiger partial charge is 0.157 e. The predicted octanol–water partition coefficient (Wildman–Crippen LogP) is 1.71. The molecule has 6 nitrogen and oxygen atoms in total. The molecule has 0 aliphatic carbocycles. The Kier molecular flexibility index (Phi) is 4.77. The van der Waals surface area contributed by atoms with Crippen LogP contribution in [0.15, 0.2) is 0 Å². The molecule has 116 valence electrons. The van der Waals surface area contributed by atoms with Crippen molar-refractivity contribution in [3.8, 4) is 5.82 Å². The lowest BCUT2D eigenvalue weighted by molar-refractivity contribution is 0.631. The van der Waals surface area contributed by atoms with Crippen molar-refractivity contribution in [3.05, 3.63) is 22.9 Å². The molecule has 1 unspecified atom stereocenters. The van der Waals surface area contributed by atoms with Gasteiger partial charge in [-0.3, -0.25) is 4.68 Å². The monoisotopic (exact) mass is 290 g/mol. The zero-order valence-corrected chi connectivity index (χ0v) is 13.7. The average Bonchev–Trinajstić information content (AvgIpc) is 2.99. The number of aryl methyl sites for hydroxylation is 4. The van der Waals surface area contributed by atoms with Gasteiger partial charge >= 0.3 is 0 Å². The third-order valence-electron chi connectivity index (χ3n) is 3.85. The fourth-order valence-electron chi connectivity index (χ4n) is 2.54. The van der Waals surface area contributed by atoms with Gasteiger partial charge in [-0.1, -0.05) is 20.8 Å². The summed E-state index contributed by atoms with van der Waals surface area (Å²) in [4.78, 5) is 4.59. The molecule has 0 aliphatic heterocycles. The Morgan fingerprint density at radius 2 is 1.86 bits per heavy atom. The molecule has 0 aliphatic rings. The highest BCUT2D eigenvalue weighted by Crippen LogP contribution is 2.21. The Balaban J connectivity index is 2.55. The van der Waals surface area contributed by atoms with Crippen LogP contribution in [-0.2, 0) is 26.3 Å². The number of hydrogen-bond donors (Lipinski definition) is 1. The van der Waals surface area contributed by atoms with E-state index in [1.165, 1.54) is 5.56 Å². The quantitative estimate of drug-likeness (QED) is 0.879. The SMILES string of the molecule is CCc1nc(CC)n(-c2c(CC(N)CC)c(C)nn2C)n1. The van der Waals surface area contributed by atoms with E-state index in [0.29, 0.717) is 0 Å². The molecule has 0 saturated carbocycles. The molecule has 2 rings (SSSR count). The minimum absolute atomic E-state index is 0.144. The zero-order chi connectivity index (χ0) is 15.6. The van der Waals surface area contributed by atoms with Gasteiger partial charge in [0.25, 0.3) is 0 Å². The van der Waals surface area contributed by atoms with E-state index in [4.69, 9.17) is 5.73 Å². The maximum atomic E-state index is 6.15. The molecular weight excluding hydrogens is 264 g/mol. The normalized spacial score (nSPS) is 12.9. The third-order valence-corrected chi connectivity index (χ3v) is 3.85. The summed E-state index contributed by atoms with van der Waals surface area (Å²) in [5, 5.41) is 9.20. The van der Waals surface area contributed by atoms with Gasteiger partial charge in [-0.25, -0.2) is 4.98 Å². The molecule has 0 spiro atoms. The topological polar surface area (TPSA) is 74.6 Å². The first kappa shape index (κ1) is 15.7. The lowest BCUT2D eigenvalue weighted by Crippen LogP contribution is -2.23. The van der Waals surface area contributed by atoms with Crippen LogP contribution in [-0.4, -0.2) is 30.6 Å². The number of aromatic nitrogens is 5. The van der Waals surface area contributed by atoms with Crippen LogP contribution in [0.25, 0.3) is 5.82 Å². The van der Waals surface area contributed by atoms with Crippen molar-refractivity contribution in [2.24, 2.45) is 12.8 Å². The van der Waals surface area contributed by atoms with Gasteiger partial charge in [0.1, 0.15) is 5.82 Å². The highest BCUT2D eigenvalue weighted by atomic mass is 15.4. The first-order valence-electron chi connectivity index (χ1n) is 7.74. The minimum atomic E-state index is 0.144. The molecule has 6 heteroatoms. The van der Waals surface area contributed by atoms with Crippen LogP contribution in [0, 0.1) is 6.92 Å². The van der Waals surface area contributed by atoms with Gasteiger partial charge in [0.05, 0.1) is 5.69 Å². The van der Waals surface area contributed by atoms with Gasteiger partial charge in [0, 0.05) is 31.5 Å². The van der Waals surface area contributed by atoms with Gasteiger partial charge in [-0.05, 0) is 19.8 Å². The summed E-state index contributed by atoms with van der Waals surface area (Å²) in [6.07, 6.45) is 3.44. The summed E-state index contributed by atoms with van der Waals surface area (Å²) in [5.41, 5.74) is 8.35. The van der Waals surface area contributed by atoms with Gasteiger partial charge < -0.3 is 5.73 Å². The van der Waals surface area contributed by atoms with E-state index in [1.54, 1.807) is 0 Å². The van der Waals surface area contributed by atoms with E-state index in [-0.39, 0.29) is 6.04 Å². The number of hydrogen-bond acceptors (Lipinski definition) is 4. The van der Waals surface area contributed by atoms with E-state index in [0.717, 1.165) is 48.8 Å². The molecular formula is C15H26N6. The molecule has 0 fully saturated rings. The number of nitrogens with zero attached hydrogens (tertiary/aromatic N) is 5. The van der Waals surface area contributed by atoms with E-state index < -0.39 is 0 Å². The molecule has 0 amide bonds. The number of rotatable bonds is 6. The molecule has 2 aromatic rings. The maximum absolute atomic E-state index is 6.15. The Hall–Kier alpha value is -1.69. The molecule has 1 atom stereocenters. The molecule has 0 bridgehead atoms. The lowest BCUT2D eigenvalue weighted by Gasteiger charge is -2.12. The van der Waals surface area contributed by atoms with E-state index >= 15 is 0 Å². The first-order chi connectivity index (χ1) is 10.0. The van der Waals surface area contributed by atoms with Crippen LogP contribution in [0.1, 0.15) is 50.1 Å². The maximum Gasteiger partial charge on any atom is 0.157 e. The fourth-order valence-corrected chi connectivity index (χ4v) is 2.54. The van der Waals surface area contributed by atoms with Gasteiger partial charge in [0.2, 0.25) is 0 Å². The van der Waals surface area contributed by atoms with Crippen molar-refractivity contribution in [2.45, 2.75) is 59.4 Å². The van der Waals surface area contributed by atoms with Crippen molar-refractivity contribution in [3.63, 3.8) is 0 Å². The highest BCUT2D eigenvalue weighted by Gasteiger charge is 2.20. The van der Waals surface area contributed by atoms with Crippen LogP contribution < -0.4 is 5.73 Å². The van der Waals surface area contributed by atoms with Crippen LogP contribution >= 0.6 is 0 Å². The van der Waals surface area contributed by atoms with E-state index in [2.05, 4.69) is 36.0 Å². The van der Waals surface area contributed by atoms with Crippen molar-refractivity contribution in [1.82, 2.24) is 24.5 Å². The summed E-state index contributed by atoms with van der Waals surface area (Å²) in [6.45, 7) is 8.31. The highest BCUT2D eigenvalue weighted by molar-refractivity contribution is 5.39. The predicted molar refractivity (Wildman–Crippen MR) is 83.6 cm³/mol.